The molecular weight excluding hydrogens is 138 g/mol. The molecule has 42 valence electrons. The smallest absolute Gasteiger partial charge is 0.0919 e. The average Bonchev–Trinajstić information content (AvgIpc) is 1.64. The van der Waals surface area contributed by atoms with Gasteiger partial charge in [-0.15, -0.1) is 11.3 Å². The van der Waals surface area contributed by atoms with Crippen molar-refractivity contribution in [3.63, 3.8) is 0 Å². The summed E-state index contributed by atoms with van der Waals surface area (Å²) in [6.45, 7) is 0. The van der Waals surface area contributed by atoms with Crippen LogP contribution >= 0.6 is 23.6 Å². The zero-order valence-electron chi connectivity index (χ0n) is 4.13. The zero-order chi connectivity index (χ0) is 5.98. The minimum Gasteiger partial charge on any atom is -0.399 e. The van der Waals surface area contributed by atoms with Crippen LogP contribution in [0.1, 0.15) is 0 Å². The van der Waals surface area contributed by atoms with Gasteiger partial charge in [-0.05, 0) is 17.5 Å². The lowest BCUT2D eigenvalue weighted by molar-refractivity contribution is 1.78. The van der Waals surface area contributed by atoms with E-state index >= 15 is 0 Å². The molecule has 0 fully saturated rings. The van der Waals surface area contributed by atoms with Gasteiger partial charge in [0.1, 0.15) is 0 Å². The van der Waals surface area contributed by atoms with Crippen LogP contribution in [0.2, 0.25) is 0 Å². The van der Waals surface area contributed by atoms with Gasteiger partial charge in [0, 0.05) is 5.69 Å². The van der Waals surface area contributed by atoms with Crippen molar-refractivity contribution < 1.29 is 0 Å². The second-order valence-electron chi connectivity index (χ2n) is 1.38. The van der Waals surface area contributed by atoms with E-state index in [1.54, 1.807) is 6.07 Å². The van der Waals surface area contributed by atoms with Crippen LogP contribution in [0, 0.1) is 3.82 Å². The number of nitrogen functional groups attached to an aromatic ring is 1. The number of rotatable bonds is 0. The highest BCUT2D eigenvalue weighted by molar-refractivity contribution is 7.73. The van der Waals surface area contributed by atoms with Gasteiger partial charge in [0.05, 0.1) is 3.82 Å². The summed E-state index contributed by atoms with van der Waals surface area (Å²) in [6.07, 6.45) is 0. The summed E-state index contributed by atoms with van der Waals surface area (Å²) in [5.74, 6) is 0. The Bertz CT molecular complexity index is 228. The molecular formula is C5H5NS2. The number of nitrogens with two attached hydrogens (primary N) is 1. The van der Waals surface area contributed by atoms with E-state index in [2.05, 4.69) is 0 Å². The van der Waals surface area contributed by atoms with Gasteiger partial charge < -0.3 is 5.73 Å². The van der Waals surface area contributed by atoms with Gasteiger partial charge in [-0.3, -0.25) is 0 Å². The first-order valence-electron chi connectivity index (χ1n) is 2.13. The summed E-state index contributed by atoms with van der Waals surface area (Å²) < 4.78 is 0.838. The van der Waals surface area contributed by atoms with Crippen LogP contribution in [0.25, 0.3) is 0 Å². The average molecular weight is 143 g/mol. The molecule has 1 aromatic rings. The monoisotopic (exact) mass is 143 g/mol. The molecule has 0 aliphatic rings. The Hall–Kier alpha value is -0.410. The van der Waals surface area contributed by atoms with E-state index < -0.39 is 0 Å². The molecule has 8 heavy (non-hydrogen) atoms. The molecule has 2 N–H and O–H groups in total. The van der Waals surface area contributed by atoms with Gasteiger partial charge in [-0.25, -0.2) is 0 Å². The van der Waals surface area contributed by atoms with Crippen molar-refractivity contribution >= 4 is 29.2 Å². The number of anilines is 1. The van der Waals surface area contributed by atoms with Gasteiger partial charge in [-0.2, -0.15) is 0 Å². The van der Waals surface area contributed by atoms with Gasteiger partial charge in [0.25, 0.3) is 0 Å². The molecule has 0 unspecified atom stereocenters. The second kappa shape index (κ2) is 2.24. The van der Waals surface area contributed by atoms with Crippen LogP contribution in [0.5, 0.6) is 0 Å². The van der Waals surface area contributed by atoms with Crippen molar-refractivity contribution in [2.75, 3.05) is 5.73 Å². The summed E-state index contributed by atoms with van der Waals surface area (Å²) in [7, 11) is 0. The molecule has 1 nitrogen and oxygen atoms in total. The molecule has 1 rings (SSSR count). The Morgan fingerprint density at radius 3 is 2.75 bits per heavy atom. The van der Waals surface area contributed by atoms with Crippen molar-refractivity contribution in [3.05, 3.63) is 21.3 Å². The maximum absolute atomic E-state index is 5.40. The van der Waals surface area contributed by atoms with Crippen molar-refractivity contribution in [2.45, 2.75) is 0 Å². The van der Waals surface area contributed by atoms with E-state index in [4.69, 9.17) is 18.0 Å². The summed E-state index contributed by atoms with van der Waals surface area (Å²) >= 11 is 6.35. The van der Waals surface area contributed by atoms with Crippen molar-refractivity contribution in [2.24, 2.45) is 0 Å². The molecule has 0 aliphatic heterocycles. The Kier molecular flexibility index (Phi) is 1.60. The van der Waals surface area contributed by atoms with Gasteiger partial charge in [0.2, 0.25) is 0 Å². The highest BCUT2D eigenvalue weighted by Crippen LogP contribution is 2.05. The number of hydrogen-bond acceptors (Lipinski definition) is 3. The van der Waals surface area contributed by atoms with E-state index in [0.717, 1.165) is 9.51 Å². The molecule has 0 bridgehead atoms. The van der Waals surface area contributed by atoms with Crippen molar-refractivity contribution in [1.82, 2.24) is 0 Å². The first kappa shape index (κ1) is 5.72. The molecule has 0 spiro atoms. The third kappa shape index (κ3) is 1.28. The fraction of sp³-hybridized carbons (Fsp3) is 0. The predicted molar refractivity (Wildman–Crippen MR) is 39.6 cm³/mol. The quantitative estimate of drug-likeness (QED) is 0.562. The van der Waals surface area contributed by atoms with Crippen molar-refractivity contribution in [3.8, 4) is 0 Å². The second-order valence-corrected chi connectivity index (χ2v) is 3.03. The van der Waals surface area contributed by atoms with Crippen LogP contribution in [-0.2, 0) is 0 Å². The minimum absolute atomic E-state index is 0.744. The standard InChI is InChI=1S/C5H5NS2/c6-4-1-2-8-5(7)3-4/h1-3H,6H2. The SMILES string of the molecule is Nc1ccsc(=S)c1. The van der Waals surface area contributed by atoms with Gasteiger partial charge in [-0.1, -0.05) is 12.2 Å². The summed E-state index contributed by atoms with van der Waals surface area (Å²) in [4.78, 5) is 0. The Morgan fingerprint density at radius 2 is 2.38 bits per heavy atom. The van der Waals surface area contributed by atoms with Crippen LogP contribution in [0.15, 0.2) is 17.5 Å². The third-order valence-electron chi connectivity index (χ3n) is 0.729. The molecule has 0 aliphatic carbocycles. The van der Waals surface area contributed by atoms with Gasteiger partial charge in [0.15, 0.2) is 0 Å². The molecule has 1 heterocycles. The van der Waals surface area contributed by atoms with Crippen molar-refractivity contribution in [1.29, 1.82) is 0 Å². The highest BCUT2D eigenvalue weighted by Gasteiger charge is 1.78. The van der Waals surface area contributed by atoms with Gasteiger partial charge >= 0.3 is 0 Å². The lowest BCUT2D eigenvalue weighted by atomic mass is 10.5. The van der Waals surface area contributed by atoms with Crippen LogP contribution in [-0.4, -0.2) is 0 Å². The molecule has 0 amide bonds. The minimum atomic E-state index is 0.744. The summed E-state index contributed by atoms with van der Waals surface area (Å²) in [5, 5.41) is 1.89. The molecule has 0 aromatic carbocycles. The fourth-order valence-corrected chi connectivity index (χ4v) is 1.26. The number of hydrogen-bond donors (Lipinski definition) is 1. The molecule has 1 aromatic heterocycles. The summed E-state index contributed by atoms with van der Waals surface area (Å²) in [6, 6.07) is 3.61. The Morgan fingerprint density at radius 1 is 1.62 bits per heavy atom. The third-order valence-corrected chi connectivity index (χ3v) is 1.76. The predicted octanol–water partition coefficient (Wildman–Crippen LogP) is 2.06. The van der Waals surface area contributed by atoms with E-state index in [0.29, 0.717) is 0 Å². The Labute approximate surface area is 56.8 Å². The largest absolute Gasteiger partial charge is 0.399 e. The van der Waals surface area contributed by atoms with E-state index in [9.17, 15) is 0 Å². The lowest BCUT2D eigenvalue weighted by Gasteiger charge is -1.84. The van der Waals surface area contributed by atoms with E-state index in [1.807, 2.05) is 11.4 Å². The normalized spacial score (nSPS) is 9.00. The molecule has 0 atom stereocenters. The first-order chi connectivity index (χ1) is 3.79. The zero-order valence-corrected chi connectivity index (χ0v) is 5.76. The fourth-order valence-electron chi connectivity index (χ4n) is 0.398. The van der Waals surface area contributed by atoms with Crippen LogP contribution in [0.4, 0.5) is 5.69 Å². The van der Waals surface area contributed by atoms with E-state index in [1.165, 1.54) is 11.3 Å². The van der Waals surface area contributed by atoms with Crippen LogP contribution in [0.3, 0.4) is 0 Å². The summed E-state index contributed by atoms with van der Waals surface area (Å²) in [5.41, 5.74) is 6.14. The Balaban J connectivity index is 3.28. The maximum Gasteiger partial charge on any atom is 0.0919 e. The van der Waals surface area contributed by atoms with Crippen LogP contribution < -0.4 is 5.73 Å². The first-order valence-corrected chi connectivity index (χ1v) is 3.42. The molecule has 0 saturated heterocycles. The molecule has 0 saturated carbocycles. The highest BCUT2D eigenvalue weighted by atomic mass is 32.1. The topological polar surface area (TPSA) is 26.0 Å². The molecule has 0 radical (unpaired) electrons. The molecule has 3 heteroatoms. The lowest BCUT2D eigenvalue weighted by Crippen LogP contribution is -1.79. The maximum atomic E-state index is 5.40. The van der Waals surface area contributed by atoms with E-state index in [-0.39, 0.29) is 0 Å².